The molecule has 1 aliphatic carbocycles. The summed E-state index contributed by atoms with van der Waals surface area (Å²) in [6, 6.07) is 0. The predicted molar refractivity (Wildman–Crippen MR) is 84.8 cm³/mol. The average molecular weight is 321 g/mol. The number of nitrogens with zero attached hydrogens (tertiary/aromatic N) is 4. The van der Waals surface area contributed by atoms with Crippen LogP contribution < -0.4 is 0 Å². The van der Waals surface area contributed by atoms with E-state index in [1.165, 1.54) is 25.7 Å². The van der Waals surface area contributed by atoms with Crippen LogP contribution in [0.2, 0.25) is 0 Å². The van der Waals surface area contributed by atoms with Crippen LogP contribution in [0.25, 0.3) is 0 Å². The van der Waals surface area contributed by atoms with Crippen molar-refractivity contribution >= 4 is 5.91 Å². The van der Waals surface area contributed by atoms with E-state index in [1.807, 2.05) is 11.8 Å². The molecule has 0 unspecified atom stereocenters. The first-order chi connectivity index (χ1) is 11.2. The summed E-state index contributed by atoms with van der Waals surface area (Å²) < 4.78 is 6.07. The van der Waals surface area contributed by atoms with Gasteiger partial charge in [0, 0.05) is 19.0 Å². The highest BCUT2D eigenvalue weighted by Gasteiger charge is 2.30. The number of ether oxygens (including phenoxy) is 1. The van der Waals surface area contributed by atoms with Crippen LogP contribution in [0, 0.1) is 0 Å². The fourth-order valence-electron chi connectivity index (χ4n) is 3.71. The van der Waals surface area contributed by atoms with Crippen molar-refractivity contribution in [1.82, 2.24) is 25.5 Å². The van der Waals surface area contributed by atoms with Gasteiger partial charge in [-0.3, -0.25) is 4.79 Å². The highest BCUT2D eigenvalue weighted by molar-refractivity contribution is 5.80. The van der Waals surface area contributed by atoms with E-state index in [-0.39, 0.29) is 24.0 Å². The molecule has 2 heterocycles. The fraction of sp³-hybridized carbons (Fsp3) is 0.875. The maximum atomic E-state index is 12.7. The summed E-state index contributed by atoms with van der Waals surface area (Å²) in [6.07, 6.45) is 9.05. The SMILES string of the molecule is C[C@@H](OC1CCCCCC1)C(=O)N1CCC[C@@H](c2nn[nH]n2)C1. The molecule has 0 bridgehead atoms. The Labute approximate surface area is 137 Å². The molecule has 0 spiro atoms. The normalized spacial score (nSPS) is 25.1. The maximum Gasteiger partial charge on any atom is 0.251 e. The Morgan fingerprint density at radius 1 is 1.22 bits per heavy atom. The molecule has 0 aromatic carbocycles. The van der Waals surface area contributed by atoms with E-state index < -0.39 is 0 Å². The standard InChI is InChI=1S/C16H27N5O2/c1-12(23-14-8-4-2-3-5-9-14)16(22)21-10-6-7-13(11-21)15-17-19-20-18-15/h12-14H,2-11H2,1H3,(H,17,18,19,20)/t12-,13-/m1/s1. The first-order valence-corrected chi connectivity index (χ1v) is 8.91. The molecule has 2 atom stereocenters. The van der Waals surface area contributed by atoms with Gasteiger partial charge in [0.25, 0.3) is 5.91 Å². The lowest BCUT2D eigenvalue weighted by Gasteiger charge is -2.33. The van der Waals surface area contributed by atoms with Gasteiger partial charge in [-0.1, -0.05) is 30.9 Å². The van der Waals surface area contributed by atoms with Crippen LogP contribution in [0.15, 0.2) is 0 Å². The Kier molecular flexibility index (Phi) is 5.59. The highest BCUT2D eigenvalue weighted by atomic mass is 16.5. The molecule has 1 aromatic heterocycles. The Bertz CT molecular complexity index is 485. The van der Waals surface area contributed by atoms with E-state index in [4.69, 9.17) is 4.74 Å². The summed E-state index contributed by atoms with van der Waals surface area (Å²) in [5, 5.41) is 14.3. The lowest BCUT2D eigenvalue weighted by molar-refractivity contribution is -0.148. The van der Waals surface area contributed by atoms with Crippen molar-refractivity contribution in [3.8, 4) is 0 Å². The molecule has 1 saturated heterocycles. The molecule has 0 radical (unpaired) electrons. The molecule has 7 heteroatoms. The zero-order chi connectivity index (χ0) is 16.1. The summed E-state index contributed by atoms with van der Waals surface area (Å²) in [4.78, 5) is 14.6. The molecule has 7 nitrogen and oxygen atoms in total. The van der Waals surface area contributed by atoms with Gasteiger partial charge in [-0.25, -0.2) is 0 Å². The molecule has 3 rings (SSSR count). The number of likely N-dealkylation sites (tertiary alicyclic amines) is 1. The number of rotatable bonds is 4. The van der Waals surface area contributed by atoms with Gasteiger partial charge in [-0.2, -0.15) is 5.21 Å². The summed E-state index contributed by atoms with van der Waals surface area (Å²) >= 11 is 0. The molecule has 1 aromatic rings. The third-order valence-electron chi connectivity index (χ3n) is 5.01. The van der Waals surface area contributed by atoms with E-state index in [0.29, 0.717) is 12.4 Å². The van der Waals surface area contributed by atoms with Crippen LogP contribution in [-0.2, 0) is 9.53 Å². The van der Waals surface area contributed by atoms with Crippen LogP contribution in [0.5, 0.6) is 0 Å². The lowest BCUT2D eigenvalue weighted by atomic mass is 9.97. The van der Waals surface area contributed by atoms with Gasteiger partial charge >= 0.3 is 0 Å². The quantitative estimate of drug-likeness (QED) is 0.858. The number of H-pyrrole nitrogens is 1. The number of nitrogens with one attached hydrogen (secondary N) is 1. The van der Waals surface area contributed by atoms with Crippen molar-refractivity contribution in [3.63, 3.8) is 0 Å². The van der Waals surface area contributed by atoms with E-state index in [0.717, 1.165) is 32.2 Å². The van der Waals surface area contributed by atoms with Crippen molar-refractivity contribution in [3.05, 3.63) is 5.82 Å². The second-order valence-corrected chi connectivity index (χ2v) is 6.79. The van der Waals surface area contributed by atoms with Gasteiger partial charge in [0.05, 0.1) is 6.10 Å². The van der Waals surface area contributed by atoms with Crippen molar-refractivity contribution in [2.24, 2.45) is 0 Å². The molecule has 2 aliphatic rings. The Morgan fingerprint density at radius 3 is 2.70 bits per heavy atom. The summed E-state index contributed by atoms with van der Waals surface area (Å²) in [6.45, 7) is 3.35. The lowest BCUT2D eigenvalue weighted by Crippen LogP contribution is -2.45. The van der Waals surface area contributed by atoms with Gasteiger partial charge in [0.15, 0.2) is 5.82 Å². The largest absolute Gasteiger partial charge is 0.365 e. The number of amides is 1. The molecular formula is C16H27N5O2. The molecule has 1 aliphatic heterocycles. The molecule has 1 N–H and O–H groups in total. The number of piperidine rings is 1. The maximum absolute atomic E-state index is 12.7. The number of carbonyl (C=O) groups excluding carboxylic acids is 1. The topological polar surface area (TPSA) is 84.0 Å². The third-order valence-corrected chi connectivity index (χ3v) is 5.01. The van der Waals surface area contributed by atoms with Crippen molar-refractivity contribution in [2.75, 3.05) is 13.1 Å². The second kappa shape index (κ2) is 7.86. The van der Waals surface area contributed by atoms with Crippen molar-refractivity contribution in [2.45, 2.75) is 76.4 Å². The zero-order valence-corrected chi connectivity index (χ0v) is 13.9. The predicted octanol–water partition coefficient (Wildman–Crippen LogP) is 2.03. The number of carbonyl (C=O) groups is 1. The number of hydrogen-bond acceptors (Lipinski definition) is 5. The summed E-state index contributed by atoms with van der Waals surface area (Å²) in [7, 11) is 0. The molecular weight excluding hydrogens is 294 g/mol. The van der Waals surface area contributed by atoms with Crippen LogP contribution in [0.3, 0.4) is 0 Å². The smallest absolute Gasteiger partial charge is 0.251 e. The first-order valence-electron chi connectivity index (χ1n) is 8.91. The molecule has 2 fully saturated rings. The number of aromatic amines is 1. The number of tetrazole rings is 1. The molecule has 1 amide bonds. The number of aromatic nitrogens is 4. The highest BCUT2D eigenvalue weighted by Crippen LogP contribution is 2.25. The second-order valence-electron chi connectivity index (χ2n) is 6.79. The Hall–Kier alpha value is -1.50. The van der Waals surface area contributed by atoms with Crippen LogP contribution in [-0.4, -0.2) is 56.7 Å². The van der Waals surface area contributed by atoms with E-state index in [2.05, 4.69) is 20.6 Å². The summed E-state index contributed by atoms with van der Waals surface area (Å²) in [5.74, 6) is 0.985. The summed E-state index contributed by atoms with van der Waals surface area (Å²) in [5.41, 5.74) is 0. The van der Waals surface area contributed by atoms with Gasteiger partial charge in [0.1, 0.15) is 6.10 Å². The van der Waals surface area contributed by atoms with Crippen molar-refractivity contribution < 1.29 is 9.53 Å². The van der Waals surface area contributed by atoms with Crippen LogP contribution in [0.4, 0.5) is 0 Å². The van der Waals surface area contributed by atoms with Crippen LogP contribution >= 0.6 is 0 Å². The van der Waals surface area contributed by atoms with Crippen molar-refractivity contribution in [1.29, 1.82) is 0 Å². The van der Waals surface area contributed by atoms with E-state index >= 15 is 0 Å². The molecule has 1 saturated carbocycles. The monoisotopic (exact) mass is 321 g/mol. The minimum absolute atomic E-state index is 0.0995. The zero-order valence-electron chi connectivity index (χ0n) is 13.9. The number of hydrogen-bond donors (Lipinski definition) is 1. The van der Waals surface area contributed by atoms with Crippen LogP contribution in [0.1, 0.15) is 70.0 Å². The fourth-order valence-corrected chi connectivity index (χ4v) is 3.71. The van der Waals surface area contributed by atoms with Gasteiger partial charge < -0.3 is 9.64 Å². The molecule has 23 heavy (non-hydrogen) atoms. The van der Waals surface area contributed by atoms with Gasteiger partial charge in [-0.05, 0) is 32.6 Å². The van der Waals surface area contributed by atoms with E-state index in [9.17, 15) is 4.79 Å². The van der Waals surface area contributed by atoms with Gasteiger partial charge in [0.2, 0.25) is 0 Å². The minimum atomic E-state index is -0.359. The molecule has 128 valence electrons. The third kappa shape index (κ3) is 4.28. The van der Waals surface area contributed by atoms with E-state index in [1.54, 1.807) is 0 Å². The Balaban J connectivity index is 1.53. The van der Waals surface area contributed by atoms with Gasteiger partial charge in [-0.15, -0.1) is 10.2 Å². The Morgan fingerprint density at radius 2 is 2.00 bits per heavy atom. The minimum Gasteiger partial charge on any atom is -0.365 e. The first kappa shape index (κ1) is 16.4. The average Bonchev–Trinajstić information content (AvgIpc) is 3.00.